The summed E-state index contributed by atoms with van der Waals surface area (Å²) in [4.78, 5) is 0. The van der Waals surface area contributed by atoms with Gasteiger partial charge in [0.05, 0.1) is 37.8 Å². The minimum absolute atomic E-state index is 0.532. The molecule has 0 spiro atoms. The first-order valence-corrected chi connectivity index (χ1v) is 9.06. The van der Waals surface area contributed by atoms with Gasteiger partial charge in [-0.15, -0.1) is 0 Å². The minimum atomic E-state index is 0.532. The van der Waals surface area contributed by atoms with Gasteiger partial charge in [-0.1, -0.05) is 19.9 Å². The Balaban J connectivity index is 2.15. The van der Waals surface area contributed by atoms with E-state index in [9.17, 15) is 0 Å². The molecule has 6 nitrogen and oxygen atoms in total. The summed E-state index contributed by atoms with van der Waals surface area (Å²) >= 11 is 5.38. The first-order chi connectivity index (χ1) is 12.3. The molecule has 142 valence electrons. The number of benzene rings is 1. The number of ether oxygens (including phenoxy) is 2. The van der Waals surface area contributed by atoms with Crippen LogP contribution < -0.4 is 20.1 Å². The normalized spacial score (nSPS) is 10.7. The molecule has 0 atom stereocenters. The van der Waals surface area contributed by atoms with Crippen LogP contribution in [0.2, 0.25) is 0 Å². The molecule has 2 rings (SSSR count). The number of methoxy groups -OCH3 is 2. The molecule has 0 unspecified atom stereocenters. The maximum absolute atomic E-state index is 5.38. The Bertz CT molecular complexity index is 771. The summed E-state index contributed by atoms with van der Waals surface area (Å²) in [6.07, 6.45) is 0. The van der Waals surface area contributed by atoms with Gasteiger partial charge in [-0.25, -0.2) is 0 Å². The SMILES string of the molecule is COc1ccc(Cn2nc(C)c(NC(=S)NCC(C)C)c2C)cc1OC. The van der Waals surface area contributed by atoms with Crippen LogP contribution in [0.1, 0.15) is 30.8 Å². The quantitative estimate of drug-likeness (QED) is 0.721. The highest BCUT2D eigenvalue weighted by molar-refractivity contribution is 7.80. The molecule has 0 saturated heterocycles. The van der Waals surface area contributed by atoms with E-state index in [-0.39, 0.29) is 0 Å². The van der Waals surface area contributed by atoms with E-state index < -0.39 is 0 Å². The Kier molecular flexibility index (Phi) is 6.85. The third-order valence-electron chi connectivity index (χ3n) is 4.07. The number of thiocarbonyl (C=S) groups is 1. The van der Waals surface area contributed by atoms with Gasteiger partial charge in [0.25, 0.3) is 0 Å². The number of aromatic nitrogens is 2. The lowest BCUT2D eigenvalue weighted by Crippen LogP contribution is -2.31. The first-order valence-electron chi connectivity index (χ1n) is 8.65. The lowest BCUT2D eigenvalue weighted by molar-refractivity contribution is 0.354. The van der Waals surface area contributed by atoms with E-state index >= 15 is 0 Å². The van der Waals surface area contributed by atoms with Gasteiger partial charge >= 0.3 is 0 Å². The highest BCUT2D eigenvalue weighted by Gasteiger charge is 2.14. The van der Waals surface area contributed by atoms with Gasteiger partial charge in [0.2, 0.25) is 0 Å². The van der Waals surface area contributed by atoms with Crippen molar-refractivity contribution >= 4 is 23.0 Å². The number of anilines is 1. The predicted molar refractivity (Wildman–Crippen MR) is 109 cm³/mol. The van der Waals surface area contributed by atoms with Crippen LogP contribution in [0.25, 0.3) is 0 Å². The van der Waals surface area contributed by atoms with E-state index in [2.05, 4.69) is 29.6 Å². The number of nitrogens with one attached hydrogen (secondary N) is 2. The van der Waals surface area contributed by atoms with E-state index in [1.54, 1.807) is 14.2 Å². The standard InChI is InChI=1S/C19H28N4O2S/c1-12(2)10-20-19(26)21-18-13(3)22-23(14(18)4)11-15-7-8-16(24-5)17(9-15)25-6/h7-9,12H,10-11H2,1-6H3,(H2,20,21,26). The Labute approximate surface area is 160 Å². The maximum Gasteiger partial charge on any atom is 0.170 e. The highest BCUT2D eigenvalue weighted by atomic mass is 32.1. The van der Waals surface area contributed by atoms with Crippen LogP contribution in [-0.2, 0) is 6.54 Å². The third-order valence-corrected chi connectivity index (χ3v) is 4.32. The van der Waals surface area contributed by atoms with Crippen molar-refractivity contribution in [1.29, 1.82) is 0 Å². The molecule has 0 aliphatic carbocycles. The van der Waals surface area contributed by atoms with Crippen LogP contribution in [0.4, 0.5) is 5.69 Å². The van der Waals surface area contributed by atoms with E-state index in [0.717, 1.165) is 29.2 Å². The van der Waals surface area contributed by atoms with Crippen LogP contribution in [-0.4, -0.2) is 35.7 Å². The number of nitrogens with zero attached hydrogens (tertiary/aromatic N) is 2. The van der Waals surface area contributed by atoms with Gasteiger partial charge < -0.3 is 20.1 Å². The van der Waals surface area contributed by atoms with Crippen molar-refractivity contribution in [2.75, 3.05) is 26.1 Å². The van der Waals surface area contributed by atoms with Crippen LogP contribution in [0.3, 0.4) is 0 Å². The topological polar surface area (TPSA) is 60.3 Å². The van der Waals surface area contributed by atoms with Gasteiger partial charge in [0.1, 0.15) is 0 Å². The summed E-state index contributed by atoms with van der Waals surface area (Å²) < 4.78 is 12.6. The number of rotatable bonds is 7. The molecule has 0 amide bonds. The van der Waals surface area contributed by atoms with Crippen LogP contribution in [0.5, 0.6) is 11.5 Å². The summed E-state index contributed by atoms with van der Waals surface area (Å²) in [5, 5.41) is 11.8. The molecule has 0 saturated carbocycles. The van der Waals surface area contributed by atoms with E-state index in [4.69, 9.17) is 21.7 Å². The monoisotopic (exact) mass is 376 g/mol. The predicted octanol–water partition coefficient (Wildman–Crippen LogP) is 3.51. The van der Waals surface area contributed by atoms with Crippen LogP contribution in [0, 0.1) is 19.8 Å². The van der Waals surface area contributed by atoms with Crippen molar-refractivity contribution in [2.24, 2.45) is 5.92 Å². The first kappa shape index (κ1) is 20.0. The summed E-state index contributed by atoms with van der Waals surface area (Å²) in [5.41, 5.74) is 3.98. The van der Waals surface area contributed by atoms with Gasteiger partial charge in [-0.3, -0.25) is 4.68 Å². The Hall–Kier alpha value is -2.28. The molecule has 7 heteroatoms. The van der Waals surface area contributed by atoms with Gasteiger partial charge in [-0.2, -0.15) is 5.10 Å². The zero-order valence-electron chi connectivity index (χ0n) is 16.3. The van der Waals surface area contributed by atoms with E-state index in [0.29, 0.717) is 29.1 Å². The zero-order chi connectivity index (χ0) is 19.3. The largest absolute Gasteiger partial charge is 0.493 e. The van der Waals surface area contributed by atoms with Crippen molar-refractivity contribution in [3.63, 3.8) is 0 Å². The van der Waals surface area contributed by atoms with Crippen LogP contribution >= 0.6 is 12.2 Å². The molecule has 0 fully saturated rings. The minimum Gasteiger partial charge on any atom is -0.493 e. The van der Waals surface area contributed by atoms with Gasteiger partial charge in [0.15, 0.2) is 16.6 Å². The van der Waals surface area contributed by atoms with Crippen molar-refractivity contribution in [1.82, 2.24) is 15.1 Å². The third kappa shape index (κ3) is 4.88. The summed E-state index contributed by atoms with van der Waals surface area (Å²) in [6.45, 7) is 9.78. The molecule has 1 aromatic heterocycles. The fraction of sp³-hybridized carbons (Fsp3) is 0.474. The second-order valence-electron chi connectivity index (χ2n) is 6.62. The fourth-order valence-electron chi connectivity index (χ4n) is 2.64. The maximum atomic E-state index is 5.38. The van der Waals surface area contributed by atoms with Gasteiger partial charge in [0, 0.05) is 6.54 Å². The zero-order valence-corrected chi connectivity index (χ0v) is 17.2. The Morgan fingerprint density at radius 3 is 2.50 bits per heavy atom. The number of hydrogen-bond donors (Lipinski definition) is 2. The lowest BCUT2D eigenvalue weighted by atomic mass is 10.2. The molecule has 1 heterocycles. The molecule has 0 aliphatic heterocycles. The van der Waals surface area contributed by atoms with Gasteiger partial charge in [-0.05, 0) is 49.7 Å². The average molecular weight is 377 g/mol. The average Bonchev–Trinajstić information content (AvgIpc) is 2.87. The summed E-state index contributed by atoms with van der Waals surface area (Å²) in [7, 11) is 3.27. The van der Waals surface area contributed by atoms with Crippen LogP contribution in [0.15, 0.2) is 18.2 Å². The number of aryl methyl sites for hydroxylation is 1. The second kappa shape index (κ2) is 8.89. The van der Waals surface area contributed by atoms with E-state index in [1.807, 2.05) is 36.7 Å². The molecule has 1 aromatic carbocycles. The smallest absolute Gasteiger partial charge is 0.170 e. The molecule has 0 radical (unpaired) electrons. The molecular weight excluding hydrogens is 348 g/mol. The molecule has 0 bridgehead atoms. The van der Waals surface area contributed by atoms with E-state index in [1.165, 1.54) is 0 Å². The molecule has 2 aromatic rings. The highest BCUT2D eigenvalue weighted by Crippen LogP contribution is 2.28. The molecule has 0 aliphatic rings. The Morgan fingerprint density at radius 2 is 1.88 bits per heavy atom. The second-order valence-corrected chi connectivity index (χ2v) is 7.03. The number of hydrogen-bond acceptors (Lipinski definition) is 4. The van der Waals surface area contributed by atoms with Crippen molar-refractivity contribution in [3.05, 3.63) is 35.2 Å². The van der Waals surface area contributed by atoms with Crippen molar-refractivity contribution in [3.8, 4) is 11.5 Å². The molecular formula is C19H28N4O2S. The lowest BCUT2D eigenvalue weighted by Gasteiger charge is -2.13. The summed E-state index contributed by atoms with van der Waals surface area (Å²) in [5.74, 6) is 1.96. The molecule has 26 heavy (non-hydrogen) atoms. The fourth-order valence-corrected chi connectivity index (χ4v) is 2.82. The van der Waals surface area contributed by atoms with Crippen molar-refractivity contribution in [2.45, 2.75) is 34.2 Å². The molecule has 2 N–H and O–H groups in total. The summed E-state index contributed by atoms with van der Waals surface area (Å²) in [6, 6.07) is 5.89. The van der Waals surface area contributed by atoms with Crippen molar-refractivity contribution < 1.29 is 9.47 Å². The Morgan fingerprint density at radius 1 is 1.19 bits per heavy atom.